The highest BCUT2D eigenvalue weighted by Crippen LogP contribution is 2.27. The maximum Gasteiger partial charge on any atom is 0.180 e. The van der Waals surface area contributed by atoms with E-state index < -0.39 is 9.84 Å². The van der Waals surface area contributed by atoms with Crippen molar-refractivity contribution in [1.29, 1.82) is 0 Å². The van der Waals surface area contributed by atoms with Crippen LogP contribution in [0, 0.1) is 6.92 Å². The molecular weight excluding hydrogens is 282 g/mol. The van der Waals surface area contributed by atoms with Crippen molar-refractivity contribution in [3.05, 3.63) is 59.7 Å². The summed E-state index contributed by atoms with van der Waals surface area (Å²) in [6, 6.07) is 15.2. The minimum Gasteiger partial charge on any atom is -0.377 e. The normalized spacial score (nSPS) is 12.9. The van der Waals surface area contributed by atoms with Gasteiger partial charge < -0.3 is 5.32 Å². The van der Waals surface area contributed by atoms with E-state index in [-0.39, 0.29) is 11.8 Å². The molecule has 3 nitrogen and oxygen atoms in total. The Morgan fingerprint density at radius 1 is 1.05 bits per heavy atom. The third-order valence-corrected chi connectivity index (χ3v) is 5.42. The number of sulfone groups is 1. The fourth-order valence-electron chi connectivity index (χ4n) is 2.40. The summed E-state index contributed by atoms with van der Waals surface area (Å²) >= 11 is 0. The van der Waals surface area contributed by atoms with Gasteiger partial charge in [0.15, 0.2) is 9.84 Å². The van der Waals surface area contributed by atoms with Crippen LogP contribution in [-0.4, -0.2) is 14.2 Å². The third-order valence-electron chi connectivity index (χ3n) is 3.63. The zero-order chi connectivity index (χ0) is 15.5. The highest BCUT2D eigenvalue weighted by atomic mass is 32.2. The quantitative estimate of drug-likeness (QED) is 0.909. The average molecular weight is 303 g/mol. The van der Waals surface area contributed by atoms with Crippen molar-refractivity contribution in [1.82, 2.24) is 0 Å². The number of aryl methyl sites for hydroxylation is 1. The van der Waals surface area contributed by atoms with E-state index in [1.54, 1.807) is 19.1 Å². The molecule has 1 unspecified atom stereocenters. The van der Waals surface area contributed by atoms with Crippen LogP contribution in [0.3, 0.4) is 0 Å². The van der Waals surface area contributed by atoms with Crippen LogP contribution in [0.1, 0.15) is 31.0 Å². The van der Waals surface area contributed by atoms with Crippen molar-refractivity contribution in [3.8, 4) is 0 Å². The molecule has 0 heterocycles. The summed E-state index contributed by atoms with van der Waals surface area (Å²) in [5.41, 5.74) is 3.02. The molecule has 0 radical (unpaired) electrons. The van der Waals surface area contributed by atoms with Gasteiger partial charge in [0.1, 0.15) is 0 Å². The number of para-hydroxylation sites is 1. The lowest BCUT2D eigenvalue weighted by atomic mass is 10.0. The van der Waals surface area contributed by atoms with E-state index in [4.69, 9.17) is 0 Å². The monoisotopic (exact) mass is 303 g/mol. The highest BCUT2D eigenvalue weighted by molar-refractivity contribution is 7.91. The number of rotatable bonds is 5. The van der Waals surface area contributed by atoms with Crippen LogP contribution in [0.4, 0.5) is 5.69 Å². The Bertz CT molecular complexity index is 723. The van der Waals surface area contributed by atoms with Crippen LogP contribution >= 0.6 is 0 Å². The van der Waals surface area contributed by atoms with Gasteiger partial charge in [-0.3, -0.25) is 0 Å². The fourth-order valence-corrected chi connectivity index (χ4v) is 3.46. The molecule has 21 heavy (non-hydrogen) atoms. The van der Waals surface area contributed by atoms with Gasteiger partial charge in [-0.1, -0.05) is 43.3 Å². The summed E-state index contributed by atoms with van der Waals surface area (Å²) in [6.07, 6.45) is 0. The average Bonchev–Trinajstić information content (AvgIpc) is 2.48. The third kappa shape index (κ3) is 3.45. The van der Waals surface area contributed by atoms with E-state index in [9.17, 15) is 8.42 Å². The van der Waals surface area contributed by atoms with E-state index in [2.05, 4.69) is 24.4 Å². The van der Waals surface area contributed by atoms with Crippen molar-refractivity contribution in [3.63, 3.8) is 0 Å². The number of anilines is 1. The van der Waals surface area contributed by atoms with Crippen molar-refractivity contribution < 1.29 is 8.42 Å². The first-order chi connectivity index (χ1) is 9.95. The first-order valence-corrected chi connectivity index (χ1v) is 8.74. The topological polar surface area (TPSA) is 46.2 Å². The number of hydrogen-bond acceptors (Lipinski definition) is 3. The van der Waals surface area contributed by atoms with Gasteiger partial charge in [0.2, 0.25) is 0 Å². The molecule has 4 heteroatoms. The molecule has 2 aromatic rings. The van der Waals surface area contributed by atoms with Gasteiger partial charge in [-0.2, -0.15) is 0 Å². The predicted molar refractivity (Wildman–Crippen MR) is 87.4 cm³/mol. The molecule has 1 N–H and O–H groups in total. The maximum atomic E-state index is 12.2. The zero-order valence-corrected chi connectivity index (χ0v) is 13.4. The van der Waals surface area contributed by atoms with Crippen LogP contribution in [0.25, 0.3) is 0 Å². The second kappa shape index (κ2) is 6.31. The van der Waals surface area contributed by atoms with Gasteiger partial charge >= 0.3 is 0 Å². The Balaban J connectivity index is 2.35. The summed E-state index contributed by atoms with van der Waals surface area (Å²) in [5.74, 6) is 0.102. The van der Waals surface area contributed by atoms with Crippen molar-refractivity contribution in [2.24, 2.45) is 0 Å². The van der Waals surface area contributed by atoms with Crippen LogP contribution < -0.4 is 5.32 Å². The standard InChI is InChI=1S/C17H21NO2S/c1-4-21(19,20)17-12-8-7-11-16(17)18-14(3)15-10-6-5-9-13(15)2/h5-12,14,18H,4H2,1-3H3. The Labute approximate surface area is 126 Å². The van der Waals surface area contributed by atoms with Crippen LogP contribution in [0.2, 0.25) is 0 Å². The summed E-state index contributed by atoms with van der Waals surface area (Å²) in [6.45, 7) is 5.76. The van der Waals surface area contributed by atoms with Crippen LogP contribution in [0.15, 0.2) is 53.4 Å². The molecule has 0 saturated carbocycles. The Morgan fingerprint density at radius 2 is 1.67 bits per heavy atom. The first-order valence-electron chi connectivity index (χ1n) is 7.09. The molecule has 0 amide bonds. The lowest BCUT2D eigenvalue weighted by Crippen LogP contribution is -2.12. The molecule has 0 aliphatic heterocycles. The molecule has 0 saturated heterocycles. The molecule has 0 fully saturated rings. The molecular formula is C17H21NO2S. The zero-order valence-electron chi connectivity index (χ0n) is 12.6. The molecule has 2 rings (SSSR count). The SMILES string of the molecule is CCS(=O)(=O)c1ccccc1NC(C)c1ccccc1C. The second-order valence-electron chi connectivity index (χ2n) is 5.12. The van der Waals surface area contributed by atoms with Gasteiger partial charge in [-0.15, -0.1) is 0 Å². The Hall–Kier alpha value is -1.81. The molecule has 2 aromatic carbocycles. The summed E-state index contributed by atoms with van der Waals surface area (Å²) < 4.78 is 24.3. The number of hydrogen-bond donors (Lipinski definition) is 1. The summed E-state index contributed by atoms with van der Waals surface area (Å²) in [7, 11) is -3.23. The molecule has 112 valence electrons. The Morgan fingerprint density at radius 3 is 2.33 bits per heavy atom. The highest BCUT2D eigenvalue weighted by Gasteiger charge is 2.17. The lowest BCUT2D eigenvalue weighted by molar-refractivity contribution is 0.597. The van der Waals surface area contributed by atoms with E-state index in [0.29, 0.717) is 10.6 Å². The van der Waals surface area contributed by atoms with Crippen molar-refractivity contribution >= 4 is 15.5 Å². The maximum absolute atomic E-state index is 12.2. The van der Waals surface area contributed by atoms with Crippen LogP contribution in [-0.2, 0) is 9.84 Å². The molecule has 0 bridgehead atoms. The summed E-state index contributed by atoms with van der Waals surface area (Å²) in [4.78, 5) is 0.368. The molecule has 0 aromatic heterocycles. The van der Waals surface area contributed by atoms with Gasteiger partial charge in [-0.05, 0) is 37.1 Å². The summed E-state index contributed by atoms with van der Waals surface area (Å²) in [5, 5.41) is 3.33. The smallest absolute Gasteiger partial charge is 0.180 e. The minimum absolute atomic E-state index is 0.0411. The van der Waals surface area contributed by atoms with E-state index in [0.717, 1.165) is 0 Å². The van der Waals surface area contributed by atoms with E-state index >= 15 is 0 Å². The fraction of sp³-hybridized carbons (Fsp3) is 0.294. The van der Waals surface area contributed by atoms with E-state index in [1.807, 2.05) is 31.2 Å². The second-order valence-corrected chi connectivity index (χ2v) is 7.37. The molecule has 0 aliphatic carbocycles. The lowest BCUT2D eigenvalue weighted by Gasteiger charge is -2.20. The van der Waals surface area contributed by atoms with Crippen LogP contribution in [0.5, 0.6) is 0 Å². The minimum atomic E-state index is -3.23. The first kappa shape index (κ1) is 15.6. The molecule has 0 aliphatic rings. The van der Waals surface area contributed by atoms with Gasteiger partial charge in [0, 0.05) is 6.04 Å². The van der Waals surface area contributed by atoms with Gasteiger partial charge in [0.05, 0.1) is 16.3 Å². The molecule has 1 atom stereocenters. The Kier molecular flexibility index (Phi) is 4.68. The van der Waals surface area contributed by atoms with Crippen molar-refractivity contribution in [2.45, 2.75) is 31.7 Å². The van der Waals surface area contributed by atoms with E-state index in [1.165, 1.54) is 11.1 Å². The molecule has 0 spiro atoms. The number of nitrogens with one attached hydrogen (secondary N) is 1. The largest absolute Gasteiger partial charge is 0.377 e. The van der Waals surface area contributed by atoms with Gasteiger partial charge in [0.25, 0.3) is 0 Å². The van der Waals surface area contributed by atoms with Crippen molar-refractivity contribution in [2.75, 3.05) is 11.1 Å². The predicted octanol–water partition coefficient (Wildman–Crippen LogP) is 3.96. The van der Waals surface area contributed by atoms with Gasteiger partial charge in [-0.25, -0.2) is 8.42 Å². The number of benzene rings is 2.